The van der Waals surface area contributed by atoms with Crippen LogP contribution in [0.2, 0.25) is 0 Å². The molecule has 0 N–H and O–H groups in total. The number of likely N-dealkylation sites (tertiary alicyclic amines) is 1. The molecule has 1 aromatic carbocycles. The smallest absolute Gasteiger partial charge is 0.230 e. The normalized spacial score (nSPS) is 21.0. The molecule has 1 aromatic rings. The first-order valence-electron chi connectivity index (χ1n) is 9.05. The Morgan fingerprint density at radius 1 is 1.12 bits per heavy atom. The predicted octanol–water partition coefficient (Wildman–Crippen LogP) is 2.41. The second kappa shape index (κ2) is 6.72. The molecule has 0 bridgehead atoms. The van der Waals surface area contributed by atoms with Gasteiger partial charge in [0.05, 0.1) is 11.2 Å². The molecule has 2 fully saturated rings. The van der Waals surface area contributed by atoms with Gasteiger partial charge in [-0.15, -0.1) is 0 Å². The molecule has 1 amide bonds. The molecular weight excluding hydrogens is 336 g/mol. The van der Waals surface area contributed by atoms with E-state index in [2.05, 4.69) is 13.8 Å². The number of amides is 1. The average Bonchev–Trinajstić information content (AvgIpc) is 2.56. The average molecular weight is 365 g/mol. The Hall–Kier alpha value is -1.40. The molecule has 2 aliphatic rings. The van der Waals surface area contributed by atoms with E-state index in [1.807, 2.05) is 36.1 Å². The number of hydrogen-bond acceptors (Lipinski definition) is 3. The van der Waals surface area contributed by atoms with Crippen LogP contribution in [0.4, 0.5) is 0 Å². The number of sulfonamides is 1. The van der Waals surface area contributed by atoms with E-state index in [-0.39, 0.29) is 17.1 Å². The third-order valence-electron chi connectivity index (χ3n) is 5.36. The number of benzene rings is 1. The molecule has 2 saturated heterocycles. The lowest BCUT2D eigenvalue weighted by molar-refractivity contribution is -0.165. The topological polar surface area (TPSA) is 57.7 Å². The largest absolute Gasteiger partial charge is 0.341 e. The molecule has 3 rings (SSSR count). The van der Waals surface area contributed by atoms with Gasteiger partial charge in [0.15, 0.2) is 0 Å². The summed E-state index contributed by atoms with van der Waals surface area (Å²) in [5.74, 6) is 0.723. The van der Waals surface area contributed by atoms with Crippen molar-refractivity contribution in [2.24, 2.45) is 11.3 Å². The van der Waals surface area contributed by atoms with Gasteiger partial charge in [-0.3, -0.25) is 4.79 Å². The van der Waals surface area contributed by atoms with Gasteiger partial charge in [0.1, 0.15) is 0 Å². The van der Waals surface area contributed by atoms with Crippen molar-refractivity contribution in [2.75, 3.05) is 26.2 Å². The highest BCUT2D eigenvalue weighted by molar-refractivity contribution is 7.88. The third-order valence-corrected chi connectivity index (χ3v) is 7.21. The number of aryl methyl sites for hydroxylation is 1. The molecule has 25 heavy (non-hydrogen) atoms. The maximum Gasteiger partial charge on any atom is 0.230 e. The third kappa shape index (κ3) is 3.75. The maximum absolute atomic E-state index is 12.7. The van der Waals surface area contributed by atoms with Crippen LogP contribution in [0.1, 0.15) is 37.8 Å². The number of carbonyl (C=O) groups excluding carboxylic acids is 1. The van der Waals surface area contributed by atoms with Gasteiger partial charge in [0.25, 0.3) is 0 Å². The molecule has 0 atom stereocenters. The number of β-lactam (4-membered cyclic amide) rings is 1. The summed E-state index contributed by atoms with van der Waals surface area (Å²) in [5.41, 5.74) is 1.63. The Kier molecular flexibility index (Phi) is 4.95. The van der Waals surface area contributed by atoms with E-state index in [1.165, 1.54) is 0 Å². The molecule has 2 heterocycles. The van der Waals surface area contributed by atoms with E-state index in [0.29, 0.717) is 31.8 Å². The van der Waals surface area contributed by atoms with Crippen molar-refractivity contribution in [1.29, 1.82) is 0 Å². The summed E-state index contributed by atoms with van der Waals surface area (Å²) in [6.45, 7) is 8.70. The summed E-state index contributed by atoms with van der Waals surface area (Å²) < 4.78 is 26.9. The van der Waals surface area contributed by atoms with Gasteiger partial charge in [-0.1, -0.05) is 43.7 Å². The van der Waals surface area contributed by atoms with Crippen molar-refractivity contribution >= 4 is 15.9 Å². The van der Waals surface area contributed by atoms with Crippen molar-refractivity contribution in [3.8, 4) is 0 Å². The van der Waals surface area contributed by atoms with Crippen molar-refractivity contribution in [3.05, 3.63) is 35.4 Å². The number of hydrogen-bond donors (Lipinski definition) is 0. The summed E-state index contributed by atoms with van der Waals surface area (Å²) >= 11 is 0. The first-order valence-corrected chi connectivity index (χ1v) is 10.7. The molecular formula is C19H28N2O3S. The zero-order valence-corrected chi connectivity index (χ0v) is 16.2. The van der Waals surface area contributed by atoms with Crippen molar-refractivity contribution in [2.45, 2.75) is 39.4 Å². The Labute approximate surface area is 151 Å². The van der Waals surface area contributed by atoms with Crippen LogP contribution >= 0.6 is 0 Å². The number of piperidine rings is 1. The molecule has 0 aromatic heterocycles. The number of rotatable bonds is 5. The lowest BCUT2D eigenvalue weighted by Crippen LogP contribution is -2.65. The molecule has 0 aliphatic carbocycles. The van der Waals surface area contributed by atoms with Crippen LogP contribution in [-0.2, 0) is 20.6 Å². The molecule has 1 spiro atoms. The van der Waals surface area contributed by atoms with Crippen molar-refractivity contribution < 1.29 is 13.2 Å². The second-order valence-electron chi connectivity index (χ2n) is 8.00. The lowest BCUT2D eigenvalue weighted by atomic mass is 9.71. The van der Waals surface area contributed by atoms with Gasteiger partial charge >= 0.3 is 0 Å². The summed E-state index contributed by atoms with van der Waals surface area (Å²) in [4.78, 5) is 14.4. The first-order chi connectivity index (χ1) is 11.7. The van der Waals surface area contributed by atoms with E-state index in [0.717, 1.165) is 24.2 Å². The Bertz CT molecular complexity index is 732. The predicted molar refractivity (Wildman–Crippen MR) is 98.5 cm³/mol. The summed E-state index contributed by atoms with van der Waals surface area (Å²) in [6, 6.07) is 7.62. The molecule has 6 heteroatoms. The van der Waals surface area contributed by atoms with Crippen LogP contribution in [0.5, 0.6) is 0 Å². The molecule has 2 aliphatic heterocycles. The quantitative estimate of drug-likeness (QED) is 0.754. The molecule has 138 valence electrons. The van der Waals surface area contributed by atoms with E-state index < -0.39 is 10.0 Å². The van der Waals surface area contributed by atoms with Gasteiger partial charge in [-0.25, -0.2) is 12.7 Å². The minimum Gasteiger partial charge on any atom is -0.341 e. The highest BCUT2D eigenvalue weighted by atomic mass is 32.2. The van der Waals surface area contributed by atoms with Gasteiger partial charge < -0.3 is 4.90 Å². The minimum absolute atomic E-state index is 0.0354. The monoisotopic (exact) mass is 364 g/mol. The molecule has 0 saturated carbocycles. The maximum atomic E-state index is 12.7. The van der Waals surface area contributed by atoms with E-state index >= 15 is 0 Å². The molecule has 0 radical (unpaired) electrons. The molecule has 5 nitrogen and oxygen atoms in total. The van der Waals surface area contributed by atoms with Crippen LogP contribution in [-0.4, -0.2) is 49.7 Å². The van der Waals surface area contributed by atoms with Gasteiger partial charge in [-0.05, 0) is 31.2 Å². The van der Waals surface area contributed by atoms with E-state index in [4.69, 9.17) is 0 Å². The highest BCUT2D eigenvalue weighted by Crippen LogP contribution is 2.42. The Morgan fingerprint density at radius 3 is 2.24 bits per heavy atom. The standard InChI is InChI=1S/C19H28N2O3S/c1-15(2)12-20-14-19(18(20)22)8-10-21(11-9-19)25(23,24)13-17-6-4-16(3)5-7-17/h4-7,15H,8-14H2,1-3H3. The fraction of sp³-hybridized carbons (Fsp3) is 0.632. The number of carbonyl (C=O) groups is 1. The summed E-state index contributed by atoms with van der Waals surface area (Å²) in [5, 5.41) is 0. The fourth-order valence-corrected chi connectivity index (χ4v) is 5.42. The summed E-state index contributed by atoms with van der Waals surface area (Å²) in [6.07, 6.45) is 1.29. The summed E-state index contributed by atoms with van der Waals surface area (Å²) in [7, 11) is -3.33. The van der Waals surface area contributed by atoms with Crippen LogP contribution in [0.25, 0.3) is 0 Å². The minimum atomic E-state index is -3.33. The van der Waals surface area contributed by atoms with Crippen molar-refractivity contribution in [3.63, 3.8) is 0 Å². The van der Waals surface area contributed by atoms with E-state index in [1.54, 1.807) is 4.31 Å². The van der Waals surface area contributed by atoms with Crippen LogP contribution < -0.4 is 0 Å². The van der Waals surface area contributed by atoms with Crippen molar-refractivity contribution in [1.82, 2.24) is 9.21 Å². The van der Waals surface area contributed by atoms with Gasteiger partial charge in [0, 0.05) is 26.2 Å². The zero-order chi connectivity index (χ0) is 18.2. The zero-order valence-electron chi connectivity index (χ0n) is 15.4. The lowest BCUT2D eigenvalue weighted by Gasteiger charge is -2.52. The van der Waals surface area contributed by atoms with Gasteiger partial charge in [0.2, 0.25) is 15.9 Å². The second-order valence-corrected chi connectivity index (χ2v) is 9.97. The van der Waals surface area contributed by atoms with Crippen LogP contribution in [0.3, 0.4) is 0 Å². The Balaban J connectivity index is 1.59. The fourth-order valence-electron chi connectivity index (χ4n) is 3.89. The first kappa shape index (κ1) is 18.4. The Morgan fingerprint density at radius 2 is 1.72 bits per heavy atom. The van der Waals surface area contributed by atoms with E-state index in [9.17, 15) is 13.2 Å². The SMILES string of the molecule is Cc1ccc(CS(=O)(=O)N2CCC3(CC2)CN(CC(C)C)C3=O)cc1. The number of nitrogens with zero attached hydrogens (tertiary/aromatic N) is 2. The molecule has 0 unspecified atom stereocenters. The highest BCUT2D eigenvalue weighted by Gasteiger charge is 2.53. The van der Waals surface area contributed by atoms with Crippen LogP contribution in [0.15, 0.2) is 24.3 Å². The van der Waals surface area contributed by atoms with Crippen LogP contribution in [0, 0.1) is 18.3 Å². The van der Waals surface area contributed by atoms with Gasteiger partial charge in [-0.2, -0.15) is 0 Å².